The number of rotatable bonds is 18. The molecule has 10 heteroatoms. The lowest BCUT2D eigenvalue weighted by Gasteiger charge is -2.22. The fourth-order valence-corrected chi connectivity index (χ4v) is 2.94. The van der Waals surface area contributed by atoms with Gasteiger partial charge < -0.3 is 24.8 Å². The number of amides is 1. The Morgan fingerprint density at radius 1 is 1.03 bits per heavy atom. The summed E-state index contributed by atoms with van der Waals surface area (Å²) in [6, 6.07) is 7.43. The van der Waals surface area contributed by atoms with E-state index in [1.54, 1.807) is 12.1 Å². The molecule has 1 unspecified atom stereocenters. The van der Waals surface area contributed by atoms with E-state index in [9.17, 15) is 9.59 Å². The summed E-state index contributed by atoms with van der Waals surface area (Å²) in [7, 11) is 0. The van der Waals surface area contributed by atoms with E-state index < -0.39 is 0 Å². The summed E-state index contributed by atoms with van der Waals surface area (Å²) < 4.78 is 16.1. The van der Waals surface area contributed by atoms with Gasteiger partial charge in [0.15, 0.2) is 12.4 Å². The highest BCUT2D eigenvalue weighted by Gasteiger charge is 2.22. The highest BCUT2D eigenvalue weighted by atomic mass is 16.5. The second-order valence-corrected chi connectivity index (χ2v) is 8.10. The van der Waals surface area contributed by atoms with Gasteiger partial charge >= 0.3 is 0 Å². The van der Waals surface area contributed by atoms with Crippen LogP contribution >= 0.6 is 0 Å². The zero-order valence-electron chi connectivity index (χ0n) is 20.1. The van der Waals surface area contributed by atoms with Crippen molar-refractivity contribution < 1.29 is 23.8 Å². The number of azide groups is 1. The third-order valence-corrected chi connectivity index (χ3v) is 4.52. The Hall–Kier alpha value is -2.65. The van der Waals surface area contributed by atoms with Crippen molar-refractivity contribution in [2.24, 2.45) is 11.0 Å². The smallest absolute Gasteiger partial charge is 0.258 e. The number of hydrogen-bond donors (Lipinski definition) is 2. The maximum Gasteiger partial charge on any atom is 0.258 e. The predicted molar refractivity (Wildman–Crippen MR) is 126 cm³/mol. The van der Waals surface area contributed by atoms with Gasteiger partial charge in [-0.2, -0.15) is 0 Å². The summed E-state index contributed by atoms with van der Waals surface area (Å²) in [5.74, 6) is 0.516. The molecular weight excluding hydrogens is 426 g/mol. The number of nitrogens with zero attached hydrogens (tertiary/aromatic N) is 3. The van der Waals surface area contributed by atoms with E-state index in [4.69, 9.17) is 19.7 Å². The highest BCUT2D eigenvalue weighted by Crippen LogP contribution is 2.15. The summed E-state index contributed by atoms with van der Waals surface area (Å²) in [4.78, 5) is 27.0. The van der Waals surface area contributed by atoms with E-state index in [0.717, 1.165) is 5.56 Å². The Balaban J connectivity index is 2.27. The molecule has 184 valence electrons. The minimum Gasteiger partial charge on any atom is -0.484 e. The molecule has 1 aromatic rings. The molecule has 0 fully saturated rings. The largest absolute Gasteiger partial charge is 0.484 e. The minimum absolute atomic E-state index is 0.0311. The van der Waals surface area contributed by atoms with Gasteiger partial charge in [0.1, 0.15) is 5.75 Å². The average molecular weight is 464 g/mol. The van der Waals surface area contributed by atoms with Crippen molar-refractivity contribution in [3.63, 3.8) is 0 Å². The maximum atomic E-state index is 12.5. The van der Waals surface area contributed by atoms with Crippen molar-refractivity contribution in [3.05, 3.63) is 40.3 Å². The number of carbonyl (C=O) groups is 2. The lowest BCUT2D eigenvalue weighted by Crippen LogP contribution is -2.44. The first-order chi connectivity index (χ1) is 15.8. The molecule has 1 amide bonds. The van der Waals surface area contributed by atoms with Gasteiger partial charge in [0.25, 0.3) is 5.91 Å². The van der Waals surface area contributed by atoms with E-state index in [1.165, 1.54) is 0 Å². The average Bonchev–Trinajstić information content (AvgIpc) is 2.78. The van der Waals surface area contributed by atoms with Crippen molar-refractivity contribution in [1.29, 1.82) is 0 Å². The Morgan fingerprint density at radius 2 is 1.70 bits per heavy atom. The first-order valence-corrected chi connectivity index (χ1v) is 11.3. The molecule has 0 aliphatic heterocycles. The molecule has 1 rings (SSSR count). The van der Waals surface area contributed by atoms with Crippen LogP contribution in [0, 0.1) is 5.92 Å². The molecule has 33 heavy (non-hydrogen) atoms. The molecule has 0 radical (unpaired) electrons. The van der Waals surface area contributed by atoms with Gasteiger partial charge in [-0.3, -0.25) is 9.59 Å². The summed E-state index contributed by atoms with van der Waals surface area (Å²) in [5, 5.41) is 9.42. The van der Waals surface area contributed by atoms with Crippen LogP contribution in [-0.4, -0.2) is 69.9 Å². The van der Waals surface area contributed by atoms with Gasteiger partial charge in [-0.1, -0.05) is 44.9 Å². The summed E-state index contributed by atoms with van der Waals surface area (Å²) >= 11 is 0. The molecule has 0 saturated carbocycles. The Morgan fingerprint density at radius 3 is 2.30 bits per heavy atom. The van der Waals surface area contributed by atoms with Crippen LogP contribution in [0.3, 0.4) is 0 Å². The van der Waals surface area contributed by atoms with Gasteiger partial charge in [-0.05, 0) is 29.6 Å². The molecule has 0 aromatic heterocycles. The van der Waals surface area contributed by atoms with E-state index in [0.29, 0.717) is 51.7 Å². The van der Waals surface area contributed by atoms with Crippen molar-refractivity contribution in [2.75, 3.05) is 46.1 Å². The molecule has 1 aromatic carbocycles. The monoisotopic (exact) mass is 463 g/mol. The van der Waals surface area contributed by atoms with Crippen LogP contribution in [-0.2, 0) is 25.5 Å². The van der Waals surface area contributed by atoms with Gasteiger partial charge in [-0.25, -0.2) is 0 Å². The SMILES string of the molecule is CC(C)NC(Cc1ccc(OCC(=O)NCCOCCOCCN=[N+]=[N-])cc1)C(=O)C(C)C. The first-order valence-electron chi connectivity index (χ1n) is 11.3. The number of carbonyl (C=O) groups excluding carboxylic acids is 2. The zero-order chi connectivity index (χ0) is 24.5. The maximum absolute atomic E-state index is 12.5. The Bertz CT molecular complexity index is 748. The second kappa shape index (κ2) is 16.9. The standard InChI is InChI=1S/C23H37N5O5/c1-17(2)23(30)21(27-18(3)4)15-19-5-7-20(8-6-19)33-16-22(29)25-9-11-31-13-14-32-12-10-26-28-24/h5-8,17-18,21,27H,9-16H2,1-4H3,(H,25,29). The Labute approximate surface area is 196 Å². The third-order valence-electron chi connectivity index (χ3n) is 4.52. The first kappa shape index (κ1) is 28.4. The van der Waals surface area contributed by atoms with E-state index in [2.05, 4.69) is 20.7 Å². The third kappa shape index (κ3) is 13.5. The van der Waals surface area contributed by atoms with Crippen LogP contribution < -0.4 is 15.4 Å². The van der Waals surface area contributed by atoms with Crippen molar-refractivity contribution in [3.8, 4) is 5.75 Å². The fourth-order valence-electron chi connectivity index (χ4n) is 2.94. The highest BCUT2D eigenvalue weighted by molar-refractivity contribution is 5.86. The number of ketones is 1. The van der Waals surface area contributed by atoms with Crippen LogP contribution in [0.5, 0.6) is 5.75 Å². The number of Topliss-reactive ketones (excluding diaryl/α,β-unsaturated/α-hetero) is 1. The molecular formula is C23H37N5O5. The van der Waals surface area contributed by atoms with E-state index in [1.807, 2.05) is 39.8 Å². The lowest BCUT2D eigenvalue weighted by molar-refractivity contribution is -0.124. The van der Waals surface area contributed by atoms with E-state index in [-0.39, 0.29) is 36.3 Å². The van der Waals surface area contributed by atoms with Gasteiger partial charge in [0.05, 0.1) is 32.5 Å². The quantitative estimate of drug-likeness (QED) is 0.149. The molecule has 0 saturated heterocycles. The van der Waals surface area contributed by atoms with Crippen LogP contribution in [0.4, 0.5) is 0 Å². The topological polar surface area (TPSA) is 135 Å². The predicted octanol–water partition coefficient (Wildman–Crippen LogP) is 2.66. The van der Waals surface area contributed by atoms with Gasteiger partial charge in [0, 0.05) is 30.0 Å². The molecule has 2 N–H and O–H groups in total. The molecule has 0 aliphatic rings. The van der Waals surface area contributed by atoms with Crippen molar-refractivity contribution in [2.45, 2.75) is 46.2 Å². The number of nitrogens with one attached hydrogen (secondary N) is 2. The number of hydrogen-bond acceptors (Lipinski definition) is 7. The fraction of sp³-hybridized carbons (Fsp3) is 0.652. The lowest BCUT2D eigenvalue weighted by atomic mass is 9.95. The second-order valence-electron chi connectivity index (χ2n) is 8.10. The normalized spacial score (nSPS) is 11.8. The van der Waals surface area contributed by atoms with Gasteiger partial charge in [-0.15, -0.1) is 0 Å². The van der Waals surface area contributed by atoms with Crippen LogP contribution in [0.2, 0.25) is 0 Å². The van der Waals surface area contributed by atoms with Crippen LogP contribution in [0.15, 0.2) is 29.4 Å². The number of benzene rings is 1. The summed E-state index contributed by atoms with van der Waals surface area (Å²) in [6.45, 7) is 9.96. The van der Waals surface area contributed by atoms with Crippen LogP contribution in [0.1, 0.15) is 33.3 Å². The molecule has 10 nitrogen and oxygen atoms in total. The molecule has 0 aliphatic carbocycles. The summed E-state index contributed by atoms with van der Waals surface area (Å²) in [5.41, 5.74) is 9.16. The van der Waals surface area contributed by atoms with Gasteiger partial charge in [0.2, 0.25) is 0 Å². The van der Waals surface area contributed by atoms with Crippen molar-refractivity contribution >= 4 is 11.7 Å². The Kier molecular flexibility index (Phi) is 14.5. The van der Waals surface area contributed by atoms with E-state index >= 15 is 0 Å². The molecule has 0 spiro atoms. The van der Waals surface area contributed by atoms with Crippen LogP contribution in [0.25, 0.3) is 10.4 Å². The zero-order valence-corrected chi connectivity index (χ0v) is 20.1. The molecule has 0 bridgehead atoms. The van der Waals surface area contributed by atoms with Crippen molar-refractivity contribution in [1.82, 2.24) is 10.6 Å². The number of ether oxygens (including phenoxy) is 3. The summed E-state index contributed by atoms with van der Waals surface area (Å²) in [6.07, 6.45) is 0.606. The molecule has 1 atom stereocenters. The minimum atomic E-state index is -0.239. The molecule has 0 heterocycles.